The quantitative estimate of drug-likeness (QED) is 0.467. The van der Waals surface area contributed by atoms with Crippen LogP contribution in [0.4, 0.5) is 17.2 Å². The summed E-state index contributed by atoms with van der Waals surface area (Å²) in [6, 6.07) is 10.7. The molecule has 0 radical (unpaired) electrons. The van der Waals surface area contributed by atoms with Crippen molar-refractivity contribution in [1.29, 1.82) is 0 Å². The number of benzene rings is 1. The van der Waals surface area contributed by atoms with E-state index in [4.69, 9.17) is 0 Å². The number of anilines is 3. The largest absolute Gasteiger partial charge is 0.343 e. The van der Waals surface area contributed by atoms with Crippen LogP contribution in [0.5, 0.6) is 0 Å². The number of nitrogens with one attached hydrogen (secondary N) is 1. The summed E-state index contributed by atoms with van der Waals surface area (Å²) in [6.07, 6.45) is 8.69. The lowest BCUT2D eigenvalue weighted by atomic mass is 9.91. The Morgan fingerprint density at radius 3 is 2.62 bits per heavy atom. The molecule has 2 aliphatic heterocycles. The second-order valence-corrected chi connectivity index (χ2v) is 10.0. The summed E-state index contributed by atoms with van der Waals surface area (Å²) in [4.78, 5) is 48.8. The molecule has 2 aromatic rings. The first-order valence-electron chi connectivity index (χ1n) is 13.7. The summed E-state index contributed by atoms with van der Waals surface area (Å²) in [7, 11) is 0. The maximum atomic E-state index is 13.6. The van der Waals surface area contributed by atoms with Crippen LogP contribution in [-0.4, -0.2) is 65.2 Å². The number of piperidine rings is 1. The van der Waals surface area contributed by atoms with Crippen molar-refractivity contribution >= 4 is 34.9 Å². The Hall–Kier alpha value is -3.26. The third-order valence-corrected chi connectivity index (χ3v) is 7.44. The number of pyridine rings is 1. The Bertz CT molecular complexity index is 1100. The van der Waals surface area contributed by atoms with Crippen molar-refractivity contribution < 1.29 is 14.4 Å². The Morgan fingerprint density at radius 1 is 1.08 bits per heavy atom. The highest BCUT2D eigenvalue weighted by molar-refractivity contribution is 6.17. The number of hydrogen-bond donors (Lipinski definition) is 1. The first-order chi connectivity index (χ1) is 18.0. The van der Waals surface area contributed by atoms with Gasteiger partial charge in [-0.25, -0.2) is 4.98 Å². The Balaban J connectivity index is 1.30. The Labute approximate surface area is 220 Å². The van der Waals surface area contributed by atoms with E-state index >= 15 is 0 Å². The van der Waals surface area contributed by atoms with E-state index in [-0.39, 0.29) is 24.3 Å². The van der Waals surface area contributed by atoms with Crippen LogP contribution in [0, 0.1) is 5.92 Å². The lowest BCUT2D eigenvalue weighted by molar-refractivity contribution is -0.131. The molecule has 37 heavy (non-hydrogen) atoms. The maximum absolute atomic E-state index is 13.6. The van der Waals surface area contributed by atoms with Gasteiger partial charge in [-0.1, -0.05) is 31.9 Å². The minimum atomic E-state index is -0.238. The van der Waals surface area contributed by atoms with Gasteiger partial charge in [-0.2, -0.15) is 0 Å². The van der Waals surface area contributed by atoms with Gasteiger partial charge in [0, 0.05) is 25.7 Å². The van der Waals surface area contributed by atoms with Crippen molar-refractivity contribution in [1.82, 2.24) is 14.8 Å². The van der Waals surface area contributed by atoms with E-state index < -0.39 is 0 Å². The van der Waals surface area contributed by atoms with Crippen LogP contribution < -0.4 is 10.2 Å². The van der Waals surface area contributed by atoms with Crippen molar-refractivity contribution in [3.63, 3.8) is 0 Å². The van der Waals surface area contributed by atoms with Crippen LogP contribution in [0.3, 0.4) is 0 Å². The number of rotatable bonds is 10. The summed E-state index contributed by atoms with van der Waals surface area (Å²) >= 11 is 0. The van der Waals surface area contributed by atoms with Gasteiger partial charge in [-0.05, 0) is 75.9 Å². The topological polar surface area (TPSA) is 85.9 Å². The molecule has 1 aromatic heterocycles. The molecule has 198 valence electrons. The molecular weight excluding hydrogens is 466 g/mol. The van der Waals surface area contributed by atoms with Gasteiger partial charge in [-0.3, -0.25) is 24.2 Å². The smallest absolute Gasteiger partial charge is 0.257 e. The number of carbonyl (C=O) groups excluding carboxylic acids is 3. The van der Waals surface area contributed by atoms with Crippen LogP contribution >= 0.6 is 0 Å². The molecule has 1 saturated heterocycles. The molecule has 0 unspecified atom stereocenters. The SMILES string of the molecule is CCCC(=O)N(CC)CCCCC1CCN(CC(=O)N2c3ccccc3C(=O)Nc3cccnc32)CC1. The molecule has 8 nitrogen and oxygen atoms in total. The molecule has 4 rings (SSSR count). The minimum absolute atomic E-state index is 0.0845. The number of amides is 3. The molecule has 3 amide bonds. The normalized spacial score (nSPS) is 15.9. The Kier molecular flexibility index (Phi) is 9.28. The van der Waals surface area contributed by atoms with Gasteiger partial charge in [0.25, 0.3) is 5.91 Å². The molecule has 0 spiro atoms. The van der Waals surface area contributed by atoms with Gasteiger partial charge < -0.3 is 10.2 Å². The molecule has 0 aliphatic carbocycles. The van der Waals surface area contributed by atoms with Crippen molar-refractivity contribution in [3.05, 3.63) is 48.2 Å². The lowest BCUT2D eigenvalue weighted by Crippen LogP contribution is -2.42. The van der Waals surface area contributed by atoms with E-state index in [1.165, 1.54) is 6.42 Å². The number of fused-ring (bicyclic) bond motifs is 2. The zero-order chi connectivity index (χ0) is 26.2. The van der Waals surface area contributed by atoms with Crippen molar-refractivity contribution in [2.75, 3.05) is 42.9 Å². The zero-order valence-corrected chi connectivity index (χ0v) is 22.1. The third kappa shape index (κ3) is 6.55. The predicted octanol–water partition coefficient (Wildman–Crippen LogP) is 4.84. The van der Waals surface area contributed by atoms with E-state index in [2.05, 4.69) is 22.1 Å². The first kappa shape index (κ1) is 26.8. The van der Waals surface area contributed by atoms with E-state index in [1.807, 2.05) is 17.9 Å². The summed E-state index contributed by atoms with van der Waals surface area (Å²) in [5, 5.41) is 2.89. The number of aromatic nitrogens is 1. The molecular formula is C29H39N5O3. The van der Waals surface area contributed by atoms with Crippen LogP contribution in [0.1, 0.15) is 69.2 Å². The number of nitrogens with zero attached hydrogens (tertiary/aromatic N) is 4. The average Bonchev–Trinajstić information content (AvgIpc) is 3.03. The monoisotopic (exact) mass is 505 g/mol. The fourth-order valence-electron chi connectivity index (χ4n) is 5.35. The van der Waals surface area contributed by atoms with Crippen LogP contribution in [-0.2, 0) is 9.59 Å². The number of carbonyl (C=O) groups is 3. The van der Waals surface area contributed by atoms with Gasteiger partial charge in [0.05, 0.1) is 23.5 Å². The second-order valence-electron chi connectivity index (χ2n) is 10.0. The standard InChI is InChI=1S/C29H39N5O3/c1-3-10-26(35)33(4-2)18-8-7-11-22-15-19-32(20-16-22)21-27(36)34-25-14-6-5-12-23(25)29(37)31-24-13-9-17-30-28(24)34/h5-6,9,12-14,17,22H,3-4,7-8,10-11,15-16,18-21H2,1-2H3,(H,31,37). The predicted molar refractivity (Wildman–Crippen MR) is 146 cm³/mol. The third-order valence-electron chi connectivity index (χ3n) is 7.44. The summed E-state index contributed by atoms with van der Waals surface area (Å²) < 4.78 is 0. The maximum Gasteiger partial charge on any atom is 0.257 e. The molecule has 1 aromatic carbocycles. The molecule has 1 fully saturated rings. The van der Waals surface area contributed by atoms with Crippen molar-refractivity contribution in [2.24, 2.45) is 5.92 Å². The highest BCUT2D eigenvalue weighted by Crippen LogP contribution is 2.36. The van der Waals surface area contributed by atoms with Crippen molar-refractivity contribution in [2.45, 2.75) is 58.8 Å². The number of likely N-dealkylation sites (tertiary alicyclic amines) is 1. The van der Waals surface area contributed by atoms with Crippen LogP contribution in [0.2, 0.25) is 0 Å². The molecule has 3 heterocycles. The van der Waals surface area contributed by atoms with Gasteiger partial charge in [0.2, 0.25) is 11.8 Å². The highest BCUT2D eigenvalue weighted by atomic mass is 16.2. The highest BCUT2D eigenvalue weighted by Gasteiger charge is 2.31. The van der Waals surface area contributed by atoms with Gasteiger partial charge >= 0.3 is 0 Å². The number of hydrogen-bond acceptors (Lipinski definition) is 5. The molecule has 8 heteroatoms. The second kappa shape index (κ2) is 12.8. The van der Waals surface area contributed by atoms with Gasteiger partial charge in [-0.15, -0.1) is 0 Å². The lowest BCUT2D eigenvalue weighted by Gasteiger charge is -2.33. The average molecular weight is 506 g/mol. The fraction of sp³-hybridized carbons (Fsp3) is 0.517. The number of para-hydroxylation sites is 1. The molecule has 0 saturated carbocycles. The van der Waals surface area contributed by atoms with E-state index in [0.717, 1.165) is 58.3 Å². The zero-order valence-electron chi connectivity index (χ0n) is 22.1. The van der Waals surface area contributed by atoms with Gasteiger partial charge in [0.15, 0.2) is 5.82 Å². The van der Waals surface area contributed by atoms with Gasteiger partial charge in [0.1, 0.15) is 0 Å². The summed E-state index contributed by atoms with van der Waals surface area (Å²) in [6.45, 7) is 7.80. The molecule has 0 atom stereocenters. The fourth-order valence-corrected chi connectivity index (χ4v) is 5.35. The molecule has 0 bridgehead atoms. The van der Waals surface area contributed by atoms with Crippen LogP contribution in [0.15, 0.2) is 42.6 Å². The van der Waals surface area contributed by atoms with E-state index in [0.29, 0.717) is 35.1 Å². The first-order valence-corrected chi connectivity index (χ1v) is 13.7. The van der Waals surface area contributed by atoms with Crippen molar-refractivity contribution in [3.8, 4) is 0 Å². The number of unbranched alkanes of at least 4 members (excludes halogenated alkanes) is 1. The van der Waals surface area contributed by atoms with E-state index in [1.54, 1.807) is 41.4 Å². The molecule has 2 aliphatic rings. The van der Waals surface area contributed by atoms with Crippen LogP contribution in [0.25, 0.3) is 0 Å². The summed E-state index contributed by atoms with van der Waals surface area (Å²) in [5.41, 5.74) is 1.57. The van der Waals surface area contributed by atoms with E-state index in [9.17, 15) is 14.4 Å². The summed E-state index contributed by atoms with van der Waals surface area (Å²) in [5.74, 6) is 1.07. The minimum Gasteiger partial charge on any atom is -0.343 e. The Morgan fingerprint density at radius 2 is 1.86 bits per heavy atom. The molecule has 1 N–H and O–H groups in total.